The molecule has 0 aliphatic rings. The average molecular weight is 146 g/mol. The largest absolute Gasteiger partial charge is 0.480 e. The van der Waals surface area contributed by atoms with Crippen molar-refractivity contribution in [2.75, 3.05) is 0 Å². The zero-order valence-corrected chi connectivity index (χ0v) is 6.08. The molecule has 0 aliphatic heterocycles. The zero-order chi connectivity index (χ0) is 8.15. The number of aliphatic carboxylic acids is 1. The lowest BCUT2D eigenvalue weighted by atomic mass is 10.1. The van der Waals surface area contributed by atoms with E-state index in [-0.39, 0.29) is 0 Å². The fourth-order valence-corrected chi connectivity index (χ4v) is 0.696. The van der Waals surface area contributed by atoms with Gasteiger partial charge in [-0.2, -0.15) is 0 Å². The van der Waals surface area contributed by atoms with Crippen molar-refractivity contribution in [2.24, 2.45) is 11.5 Å². The second kappa shape index (κ2) is 4.24. The van der Waals surface area contributed by atoms with E-state index in [4.69, 9.17) is 16.6 Å². The third-order valence-electron chi connectivity index (χ3n) is 1.37. The highest BCUT2D eigenvalue weighted by atomic mass is 16.4. The first-order chi connectivity index (χ1) is 4.59. The van der Waals surface area contributed by atoms with Gasteiger partial charge in [0.25, 0.3) is 0 Å². The second-order valence-electron chi connectivity index (χ2n) is 2.32. The van der Waals surface area contributed by atoms with Crippen LogP contribution >= 0.6 is 0 Å². The van der Waals surface area contributed by atoms with Crippen molar-refractivity contribution in [3.05, 3.63) is 0 Å². The monoisotopic (exact) mass is 146 g/mol. The Kier molecular flexibility index (Phi) is 3.99. The average Bonchev–Trinajstić information content (AvgIpc) is 1.87. The minimum Gasteiger partial charge on any atom is -0.480 e. The highest BCUT2D eigenvalue weighted by Crippen LogP contribution is 1.96. The van der Waals surface area contributed by atoms with Gasteiger partial charge in [-0.25, -0.2) is 0 Å². The molecule has 0 spiro atoms. The fraction of sp³-hybridized carbons (Fsp3) is 0.833. The van der Waals surface area contributed by atoms with Crippen molar-refractivity contribution < 1.29 is 9.90 Å². The SMILES string of the molecule is CCCC(N)[C@@H](N)C(=O)O. The van der Waals surface area contributed by atoms with E-state index < -0.39 is 18.1 Å². The molecule has 0 aromatic rings. The quantitative estimate of drug-likeness (QED) is 0.500. The number of carbonyl (C=O) groups is 1. The van der Waals surface area contributed by atoms with Crippen molar-refractivity contribution in [1.82, 2.24) is 0 Å². The van der Waals surface area contributed by atoms with Gasteiger partial charge in [0.15, 0.2) is 0 Å². The van der Waals surface area contributed by atoms with Crippen molar-refractivity contribution in [3.63, 3.8) is 0 Å². The van der Waals surface area contributed by atoms with Crippen LogP contribution in [-0.2, 0) is 4.79 Å². The highest BCUT2D eigenvalue weighted by molar-refractivity contribution is 5.74. The standard InChI is InChI=1S/C6H14N2O2/c1-2-3-4(7)5(8)6(9)10/h4-5H,2-3,7-8H2,1H3,(H,9,10)/t4?,5-/m1/s1. The van der Waals surface area contributed by atoms with Crippen LogP contribution in [0.25, 0.3) is 0 Å². The lowest BCUT2D eigenvalue weighted by Crippen LogP contribution is -2.46. The molecule has 4 nitrogen and oxygen atoms in total. The van der Waals surface area contributed by atoms with Crippen LogP contribution in [0.4, 0.5) is 0 Å². The Balaban J connectivity index is 3.69. The summed E-state index contributed by atoms with van der Waals surface area (Å²) in [5.41, 5.74) is 10.6. The van der Waals surface area contributed by atoms with Gasteiger partial charge < -0.3 is 16.6 Å². The Labute approximate surface area is 60.2 Å². The van der Waals surface area contributed by atoms with E-state index in [1.54, 1.807) is 0 Å². The first-order valence-electron chi connectivity index (χ1n) is 3.33. The molecule has 4 heteroatoms. The Morgan fingerprint density at radius 1 is 1.60 bits per heavy atom. The lowest BCUT2D eigenvalue weighted by molar-refractivity contribution is -0.139. The molecule has 0 aromatic heterocycles. The van der Waals surface area contributed by atoms with Gasteiger partial charge in [0.2, 0.25) is 0 Å². The van der Waals surface area contributed by atoms with Gasteiger partial charge in [-0.3, -0.25) is 4.79 Å². The number of carboxylic acids is 1. The smallest absolute Gasteiger partial charge is 0.322 e. The Hall–Kier alpha value is -0.610. The predicted molar refractivity (Wildman–Crippen MR) is 38.5 cm³/mol. The molecule has 60 valence electrons. The summed E-state index contributed by atoms with van der Waals surface area (Å²) in [5, 5.41) is 8.37. The van der Waals surface area contributed by atoms with Gasteiger partial charge >= 0.3 is 5.97 Å². The topological polar surface area (TPSA) is 89.3 Å². The molecule has 0 fully saturated rings. The maximum atomic E-state index is 10.2. The summed E-state index contributed by atoms with van der Waals surface area (Å²) >= 11 is 0. The summed E-state index contributed by atoms with van der Waals surface area (Å²) in [5.74, 6) is -1.03. The molecule has 0 rings (SSSR count). The first kappa shape index (κ1) is 9.39. The van der Waals surface area contributed by atoms with Crippen LogP contribution in [-0.4, -0.2) is 23.2 Å². The van der Waals surface area contributed by atoms with Gasteiger partial charge in [-0.1, -0.05) is 13.3 Å². The Morgan fingerprint density at radius 2 is 2.10 bits per heavy atom. The summed E-state index contributed by atoms with van der Waals surface area (Å²) < 4.78 is 0. The summed E-state index contributed by atoms with van der Waals surface area (Å²) in [7, 11) is 0. The van der Waals surface area contributed by atoms with Gasteiger partial charge in [0, 0.05) is 6.04 Å². The second-order valence-corrected chi connectivity index (χ2v) is 2.32. The van der Waals surface area contributed by atoms with Crippen molar-refractivity contribution in [1.29, 1.82) is 0 Å². The van der Waals surface area contributed by atoms with E-state index in [2.05, 4.69) is 0 Å². The van der Waals surface area contributed by atoms with Crippen LogP contribution in [0.3, 0.4) is 0 Å². The van der Waals surface area contributed by atoms with Crippen molar-refractivity contribution in [3.8, 4) is 0 Å². The third-order valence-corrected chi connectivity index (χ3v) is 1.37. The molecule has 0 saturated heterocycles. The van der Waals surface area contributed by atoms with Crippen LogP contribution in [0.15, 0.2) is 0 Å². The van der Waals surface area contributed by atoms with E-state index in [1.807, 2.05) is 6.92 Å². The Bertz CT molecular complexity index is 116. The van der Waals surface area contributed by atoms with E-state index >= 15 is 0 Å². The first-order valence-corrected chi connectivity index (χ1v) is 3.33. The van der Waals surface area contributed by atoms with Crippen LogP contribution in [0.2, 0.25) is 0 Å². The zero-order valence-electron chi connectivity index (χ0n) is 6.08. The molecule has 0 amide bonds. The molecular formula is C6H14N2O2. The summed E-state index contributed by atoms with van der Waals surface area (Å²) in [4.78, 5) is 10.2. The summed E-state index contributed by atoms with van der Waals surface area (Å²) in [6.45, 7) is 1.94. The molecule has 2 atom stereocenters. The highest BCUT2D eigenvalue weighted by Gasteiger charge is 2.18. The molecule has 0 bridgehead atoms. The lowest BCUT2D eigenvalue weighted by Gasteiger charge is -2.13. The molecule has 1 unspecified atom stereocenters. The number of nitrogens with two attached hydrogens (primary N) is 2. The van der Waals surface area contributed by atoms with Gasteiger partial charge in [-0.05, 0) is 6.42 Å². The molecule has 0 radical (unpaired) electrons. The van der Waals surface area contributed by atoms with Crippen LogP contribution in [0.5, 0.6) is 0 Å². The number of hydrogen-bond donors (Lipinski definition) is 3. The minimum absolute atomic E-state index is 0.414. The normalized spacial score (nSPS) is 16.3. The van der Waals surface area contributed by atoms with E-state index in [0.717, 1.165) is 6.42 Å². The molecule has 0 saturated carbocycles. The van der Waals surface area contributed by atoms with E-state index in [1.165, 1.54) is 0 Å². The van der Waals surface area contributed by atoms with Crippen LogP contribution < -0.4 is 11.5 Å². The van der Waals surface area contributed by atoms with Gasteiger partial charge in [0.05, 0.1) is 0 Å². The molecule has 0 aliphatic carbocycles. The number of carboxylic acid groups (broad SMARTS) is 1. The predicted octanol–water partition coefficient (Wildman–Crippen LogP) is -0.474. The van der Waals surface area contributed by atoms with Crippen LogP contribution in [0.1, 0.15) is 19.8 Å². The Morgan fingerprint density at radius 3 is 2.40 bits per heavy atom. The van der Waals surface area contributed by atoms with E-state index in [9.17, 15) is 4.79 Å². The number of hydrogen-bond acceptors (Lipinski definition) is 3. The fourth-order valence-electron chi connectivity index (χ4n) is 0.696. The molecule has 10 heavy (non-hydrogen) atoms. The number of rotatable bonds is 4. The molecule has 0 aromatic carbocycles. The third kappa shape index (κ3) is 2.80. The van der Waals surface area contributed by atoms with Crippen LogP contribution in [0, 0.1) is 0 Å². The van der Waals surface area contributed by atoms with Gasteiger partial charge in [-0.15, -0.1) is 0 Å². The van der Waals surface area contributed by atoms with Crippen molar-refractivity contribution in [2.45, 2.75) is 31.8 Å². The maximum Gasteiger partial charge on any atom is 0.322 e. The van der Waals surface area contributed by atoms with E-state index in [0.29, 0.717) is 6.42 Å². The maximum absolute atomic E-state index is 10.2. The molecule has 5 N–H and O–H groups in total. The molecular weight excluding hydrogens is 132 g/mol. The summed E-state index contributed by atoms with van der Waals surface area (Å²) in [6.07, 6.45) is 1.52. The van der Waals surface area contributed by atoms with Crippen molar-refractivity contribution >= 4 is 5.97 Å². The minimum atomic E-state index is -1.03. The molecule has 0 heterocycles. The summed E-state index contributed by atoms with van der Waals surface area (Å²) in [6, 6.07) is -1.33. The van der Waals surface area contributed by atoms with Gasteiger partial charge in [0.1, 0.15) is 6.04 Å².